The van der Waals surface area contributed by atoms with E-state index in [0.717, 1.165) is 21.8 Å². The molecule has 0 atom stereocenters. The number of rotatable bonds is 7. The number of benzene rings is 1. The van der Waals surface area contributed by atoms with Gasteiger partial charge in [0.05, 0.1) is 17.7 Å². The molecule has 26 heavy (non-hydrogen) atoms. The lowest BCUT2D eigenvalue weighted by molar-refractivity contribution is 0.411. The van der Waals surface area contributed by atoms with Crippen molar-refractivity contribution in [2.45, 2.75) is 18.2 Å². The minimum atomic E-state index is -3.56. The fourth-order valence-corrected chi connectivity index (χ4v) is 4.42. The molecule has 1 N–H and O–H groups in total. The van der Waals surface area contributed by atoms with Gasteiger partial charge in [-0.15, -0.1) is 11.3 Å². The van der Waals surface area contributed by atoms with E-state index in [4.69, 9.17) is 4.74 Å². The first kappa shape index (κ1) is 18.5. The standard InChI is InChI=1S/C18H19N3O3S2/c1-13-10-16(5-6-17(13)24-2)26(22,23)20-9-7-15-12-25-18(21-15)14-4-3-8-19-11-14/h3-6,8,10-12,20H,7,9H2,1-2H3. The summed E-state index contributed by atoms with van der Waals surface area (Å²) in [5.74, 6) is 0.661. The molecule has 0 saturated carbocycles. The van der Waals surface area contributed by atoms with Gasteiger partial charge in [0.25, 0.3) is 0 Å². The van der Waals surface area contributed by atoms with Crippen LogP contribution in [0, 0.1) is 6.92 Å². The molecular formula is C18H19N3O3S2. The van der Waals surface area contributed by atoms with Crippen molar-refractivity contribution < 1.29 is 13.2 Å². The van der Waals surface area contributed by atoms with Crippen LogP contribution in [-0.4, -0.2) is 32.0 Å². The van der Waals surface area contributed by atoms with Crippen molar-refractivity contribution in [3.8, 4) is 16.3 Å². The van der Waals surface area contributed by atoms with E-state index in [0.29, 0.717) is 12.2 Å². The molecule has 8 heteroatoms. The van der Waals surface area contributed by atoms with Crippen molar-refractivity contribution in [1.29, 1.82) is 0 Å². The topological polar surface area (TPSA) is 81.2 Å². The maximum Gasteiger partial charge on any atom is 0.240 e. The summed E-state index contributed by atoms with van der Waals surface area (Å²) in [5.41, 5.74) is 2.58. The predicted molar refractivity (Wildman–Crippen MR) is 102 cm³/mol. The Morgan fingerprint density at radius 2 is 2.12 bits per heavy atom. The van der Waals surface area contributed by atoms with Crippen LogP contribution >= 0.6 is 11.3 Å². The van der Waals surface area contributed by atoms with Gasteiger partial charge >= 0.3 is 0 Å². The number of nitrogens with zero attached hydrogens (tertiary/aromatic N) is 2. The monoisotopic (exact) mass is 389 g/mol. The first-order chi connectivity index (χ1) is 12.5. The Labute approximate surface area is 157 Å². The SMILES string of the molecule is COc1ccc(S(=O)(=O)NCCc2csc(-c3cccnc3)n2)cc1C. The predicted octanol–water partition coefficient (Wildman–Crippen LogP) is 3.04. The summed E-state index contributed by atoms with van der Waals surface area (Å²) in [5, 5.41) is 2.82. The van der Waals surface area contributed by atoms with E-state index in [2.05, 4.69) is 14.7 Å². The molecule has 1 aromatic carbocycles. The lowest BCUT2D eigenvalue weighted by Gasteiger charge is -2.09. The van der Waals surface area contributed by atoms with Crippen LogP contribution in [0.2, 0.25) is 0 Å². The summed E-state index contributed by atoms with van der Waals surface area (Å²) in [4.78, 5) is 8.85. The summed E-state index contributed by atoms with van der Waals surface area (Å²) in [7, 11) is -2.01. The van der Waals surface area contributed by atoms with E-state index < -0.39 is 10.0 Å². The Balaban J connectivity index is 1.62. The number of methoxy groups -OCH3 is 1. The van der Waals surface area contributed by atoms with Crippen LogP contribution < -0.4 is 9.46 Å². The quantitative estimate of drug-likeness (QED) is 0.672. The van der Waals surface area contributed by atoms with Crippen LogP contribution in [0.4, 0.5) is 0 Å². The molecule has 0 aliphatic heterocycles. The van der Waals surface area contributed by atoms with Crippen LogP contribution in [0.5, 0.6) is 5.75 Å². The van der Waals surface area contributed by atoms with Crippen molar-refractivity contribution >= 4 is 21.4 Å². The van der Waals surface area contributed by atoms with Crippen LogP contribution in [-0.2, 0) is 16.4 Å². The van der Waals surface area contributed by atoms with E-state index in [1.54, 1.807) is 31.6 Å². The molecule has 3 rings (SSSR count). The van der Waals surface area contributed by atoms with Gasteiger partial charge < -0.3 is 4.74 Å². The summed E-state index contributed by atoms with van der Waals surface area (Å²) in [6, 6.07) is 8.61. The number of nitrogens with one attached hydrogen (secondary N) is 1. The fraction of sp³-hybridized carbons (Fsp3) is 0.222. The van der Waals surface area contributed by atoms with Crippen LogP contribution in [0.3, 0.4) is 0 Å². The highest BCUT2D eigenvalue weighted by atomic mass is 32.2. The zero-order chi connectivity index (χ0) is 18.6. The number of ether oxygens (including phenoxy) is 1. The molecule has 0 saturated heterocycles. The summed E-state index contributed by atoms with van der Waals surface area (Å²) in [6.07, 6.45) is 4.00. The molecule has 136 valence electrons. The van der Waals surface area contributed by atoms with Crippen molar-refractivity contribution in [3.05, 3.63) is 59.4 Å². The van der Waals surface area contributed by atoms with Gasteiger partial charge in [-0.25, -0.2) is 18.1 Å². The Morgan fingerprint density at radius 1 is 1.27 bits per heavy atom. The molecule has 6 nitrogen and oxygen atoms in total. The van der Waals surface area contributed by atoms with Gasteiger partial charge in [0, 0.05) is 36.3 Å². The molecule has 0 radical (unpaired) electrons. The molecule has 3 aromatic rings. The van der Waals surface area contributed by atoms with Gasteiger partial charge in [0.1, 0.15) is 10.8 Å². The second-order valence-electron chi connectivity index (χ2n) is 5.66. The maximum atomic E-state index is 12.4. The number of thiazole rings is 1. The second-order valence-corrected chi connectivity index (χ2v) is 8.29. The highest BCUT2D eigenvalue weighted by Gasteiger charge is 2.15. The van der Waals surface area contributed by atoms with Crippen molar-refractivity contribution in [2.24, 2.45) is 0 Å². The smallest absolute Gasteiger partial charge is 0.240 e. The Bertz CT molecular complexity index is 986. The highest BCUT2D eigenvalue weighted by Crippen LogP contribution is 2.23. The summed E-state index contributed by atoms with van der Waals surface area (Å²) in [6.45, 7) is 2.09. The number of aromatic nitrogens is 2. The van der Waals surface area contributed by atoms with Gasteiger partial charge in [-0.1, -0.05) is 0 Å². The van der Waals surface area contributed by atoms with Crippen LogP contribution in [0.15, 0.2) is 53.0 Å². The van der Waals surface area contributed by atoms with Gasteiger partial charge in [-0.2, -0.15) is 0 Å². The number of hydrogen-bond donors (Lipinski definition) is 1. The first-order valence-corrected chi connectivity index (χ1v) is 10.3. The van der Waals surface area contributed by atoms with Crippen molar-refractivity contribution in [3.63, 3.8) is 0 Å². The molecule has 2 aromatic heterocycles. The van der Waals surface area contributed by atoms with Crippen molar-refractivity contribution in [1.82, 2.24) is 14.7 Å². The largest absolute Gasteiger partial charge is 0.496 e. The molecule has 0 aliphatic carbocycles. The van der Waals surface area contributed by atoms with Gasteiger partial charge in [0.15, 0.2) is 0 Å². The molecule has 0 spiro atoms. The Morgan fingerprint density at radius 3 is 2.81 bits per heavy atom. The zero-order valence-corrected chi connectivity index (χ0v) is 16.1. The average Bonchev–Trinajstić information content (AvgIpc) is 3.11. The highest BCUT2D eigenvalue weighted by molar-refractivity contribution is 7.89. The third-order valence-corrected chi connectivity index (χ3v) is 6.21. The van der Waals surface area contributed by atoms with E-state index in [9.17, 15) is 8.42 Å². The van der Waals surface area contributed by atoms with E-state index in [1.807, 2.05) is 24.4 Å². The molecular weight excluding hydrogens is 370 g/mol. The van der Waals surface area contributed by atoms with Crippen LogP contribution in [0.1, 0.15) is 11.3 Å². The molecule has 0 fully saturated rings. The van der Waals surface area contributed by atoms with E-state index in [-0.39, 0.29) is 11.4 Å². The first-order valence-electron chi connectivity index (χ1n) is 7.99. The van der Waals surface area contributed by atoms with Crippen LogP contribution in [0.25, 0.3) is 10.6 Å². The molecule has 0 aliphatic rings. The Kier molecular flexibility index (Phi) is 5.65. The number of pyridine rings is 1. The number of aryl methyl sites for hydroxylation is 1. The number of sulfonamides is 1. The molecule has 0 amide bonds. The van der Waals surface area contributed by atoms with Gasteiger partial charge in [-0.3, -0.25) is 4.98 Å². The fourth-order valence-electron chi connectivity index (χ4n) is 2.46. The summed E-state index contributed by atoms with van der Waals surface area (Å²) >= 11 is 1.52. The minimum Gasteiger partial charge on any atom is -0.496 e. The number of hydrogen-bond acceptors (Lipinski definition) is 6. The lowest BCUT2D eigenvalue weighted by Crippen LogP contribution is -2.26. The lowest BCUT2D eigenvalue weighted by atomic mass is 10.2. The van der Waals surface area contributed by atoms with Gasteiger partial charge in [0.2, 0.25) is 10.0 Å². The van der Waals surface area contributed by atoms with E-state index in [1.165, 1.54) is 17.4 Å². The third-order valence-electron chi connectivity index (χ3n) is 3.81. The molecule has 2 heterocycles. The second kappa shape index (κ2) is 7.94. The third kappa shape index (κ3) is 4.27. The molecule has 0 bridgehead atoms. The normalized spacial score (nSPS) is 11.5. The Hall–Kier alpha value is -2.29. The van der Waals surface area contributed by atoms with Crippen molar-refractivity contribution in [2.75, 3.05) is 13.7 Å². The zero-order valence-electron chi connectivity index (χ0n) is 14.5. The molecule has 0 unspecified atom stereocenters. The maximum absolute atomic E-state index is 12.4. The van der Waals surface area contributed by atoms with E-state index >= 15 is 0 Å². The average molecular weight is 390 g/mol. The van der Waals surface area contributed by atoms with Gasteiger partial charge in [-0.05, 0) is 42.8 Å². The minimum absolute atomic E-state index is 0.227. The summed E-state index contributed by atoms with van der Waals surface area (Å²) < 4.78 is 32.6.